The topological polar surface area (TPSA) is 18.5 Å². The monoisotopic (exact) mass is 378 g/mol. The van der Waals surface area contributed by atoms with E-state index in [-0.39, 0.29) is 0 Å². The first-order valence-electron chi connectivity index (χ1n) is 11.1. The van der Waals surface area contributed by atoms with Crippen molar-refractivity contribution in [2.24, 2.45) is 0 Å². The van der Waals surface area contributed by atoms with Gasteiger partial charge in [0.05, 0.1) is 27.7 Å². The van der Waals surface area contributed by atoms with Crippen LogP contribution in [0.1, 0.15) is 76.3 Å². The number of hydrogen-bond acceptors (Lipinski definition) is 2. The van der Waals surface area contributed by atoms with Crippen molar-refractivity contribution in [1.29, 1.82) is 0 Å². The number of ether oxygens (including phenoxy) is 2. The summed E-state index contributed by atoms with van der Waals surface area (Å²) in [7, 11) is 6.58. The van der Waals surface area contributed by atoms with Gasteiger partial charge in [0.1, 0.15) is 24.7 Å². The quantitative estimate of drug-likeness (QED) is 0.269. The van der Waals surface area contributed by atoms with Crippen molar-refractivity contribution < 1.29 is 14.0 Å². The summed E-state index contributed by atoms with van der Waals surface area (Å²) >= 11 is 0. The van der Waals surface area contributed by atoms with Gasteiger partial charge in [-0.25, -0.2) is 0 Å². The van der Waals surface area contributed by atoms with Crippen LogP contribution in [0.4, 0.5) is 0 Å². The zero-order chi connectivity index (χ0) is 20.1. The molecule has 0 unspecified atom stereocenters. The summed E-state index contributed by atoms with van der Waals surface area (Å²) in [6.07, 6.45) is 11.6. The van der Waals surface area contributed by atoms with Crippen molar-refractivity contribution in [3.8, 4) is 11.5 Å². The molecular formula is C24H44NO2+. The van der Waals surface area contributed by atoms with E-state index in [0.29, 0.717) is 0 Å². The lowest BCUT2D eigenvalue weighted by molar-refractivity contribution is -0.870. The van der Waals surface area contributed by atoms with Crippen LogP contribution in [0.25, 0.3) is 0 Å². The molecule has 0 heterocycles. The van der Waals surface area contributed by atoms with Crippen LogP contribution >= 0.6 is 0 Å². The van der Waals surface area contributed by atoms with Gasteiger partial charge < -0.3 is 14.0 Å². The van der Waals surface area contributed by atoms with E-state index in [1.54, 1.807) is 0 Å². The van der Waals surface area contributed by atoms with E-state index in [1.165, 1.54) is 56.1 Å². The van der Waals surface area contributed by atoms with Gasteiger partial charge in [-0.2, -0.15) is 0 Å². The van der Waals surface area contributed by atoms with Crippen LogP contribution in [0.3, 0.4) is 0 Å². The average molecular weight is 379 g/mol. The van der Waals surface area contributed by atoms with Crippen LogP contribution in [0.2, 0.25) is 0 Å². The molecule has 0 fully saturated rings. The van der Waals surface area contributed by atoms with Gasteiger partial charge in [0, 0.05) is 0 Å². The summed E-state index contributed by atoms with van der Waals surface area (Å²) in [6.45, 7) is 9.13. The Labute approximate surface area is 168 Å². The number of nitrogens with zero attached hydrogens (tertiary/aromatic N) is 1. The fourth-order valence-electron chi connectivity index (χ4n) is 3.12. The molecule has 156 valence electrons. The lowest BCUT2D eigenvalue weighted by atomic mass is 10.1. The molecular weight excluding hydrogens is 334 g/mol. The summed E-state index contributed by atoms with van der Waals surface area (Å²) in [6, 6.07) is 4.33. The maximum atomic E-state index is 6.08. The molecule has 0 saturated heterocycles. The third kappa shape index (κ3) is 10.6. The maximum Gasteiger partial charge on any atom is 0.137 e. The Bertz CT molecular complexity index is 520. The number of rotatable bonds is 15. The summed E-state index contributed by atoms with van der Waals surface area (Å²) in [5, 5.41) is 0. The molecule has 1 aromatic rings. The Morgan fingerprint density at radius 2 is 1.33 bits per heavy atom. The standard InChI is InChI=1S/C24H44NO2/c1-7-9-10-11-12-13-14-15-17-26-23-20-22(8-2)24(19-21(23)3)27-18-16-25(4,5)6/h19-20H,7-18H2,1-6H3/q+1. The molecule has 0 spiro atoms. The number of benzene rings is 1. The second kappa shape index (κ2) is 13.0. The van der Waals surface area contributed by atoms with E-state index in [0.717, 1.165) is 48.6 Å². The zero-order valence-corrected chi connectivity index (χ0v) is 18.9. The Balaban J connectivity index is 2.39. The van der Waals surface area contributed by atoms with Crippen LogP contribution in [0.15, 0.2) is 12.1 Å². The molecule has 0 aliphatic rings. The highest BCUT2D eigenvalue weighted by molar-refractivity contribution is 5.46. The SMILES string of the molecule is CCCCCCCCCCOc1cc(CC)c(OCC[N+](C)(C)C)cc1C. The number of likely N-dealkylation sites (N-methyl/N-ethyl adjacent to an activating group) is 1. The Morgan fingerprint density at radius 3 is 1.93 bits per heavy atom. The predicted molar refractivity (Wildman–Crippen MR) is 117 cm³/mol. The molecule has 0 N–H and O–H groups in total. The second-order valence-electron chi connectivity index (χ2n) is 8.76. The summed E-state index contributed by atoms with van der Waals surface area (Å²) in [5.74, 6) is 2.04. The van der Waals surface area contributed by atoms with Crippen LogP contribution in [0.5, 0.6) is 11.5 Å². The molecule has 0 bridgehead atoms. The number of unbranched alkanes of at least 4 members (excludes halogenated alkanes) is 7. The molecule has 0 aliphatic heterocycles. The van der Waals surface area contributed by atoms with Crippen molar-refractivity contribution >= 4 is 0 Å². The predicted octanol–water partition coefficient (Wildman–Crippen LogP) is 6.16. The van der Waals surface area contributed by atoms with Gasteiger partial charge in [-0.15, -0.1) is 0 Å². The van der Waals surface area contributed by atoms with Crippen LogP contribution in [-0.2, 0) is 6.42 Å². The summed E-state index contributed by atoms with van der Waals surface area (Å²) in [4.78, 5) is 0. The van der Waals surface area contributed by atoms with E-state index in [1.807, 2.05) is 0 Å². The Kier molecular flexibility index (Phi) is 11.5. The Hall–Kier alpha value is -1.22. The minimum Gasteiger partial charge on any atom is -0.493 e. The van der Waals surface area contributed by atoms with Crippen LogP contribution in [-0.4, -0.2) is 45.4 Å². The maximum absolute atomic E-state index is 6.08. The minimum atomic E-state index is 0.744. The highest BCUT2D eigenvalue weighted by Crippen LogP contribution is 2.29. The molecule has 3 heteroatoms. The molecule has 27 heavy (non-hydrogen) atoms. The van der Waals surface area contributed by atoms with Gasteiger partial charge in [0.15, 0.2) is 0 Å². The van der Waals surface area contributed by atoms with Crippen molar-refractivity contribution in [1.82, 2.24) is 0 Å². The molecule has 1 aromatic carbocycles. The van der Waals surface area contributed by atoms with E-state index in [2.05, 4.69) is 54.0 Å². The molecule has 0 saturated carbocycles. The second-order valence-corrected chi connectivity index (χ2v) is 8.76. The lowest BCUT2D eigenvalue weighted by Crippen LogP contribution is -2.38. The van der Waals surface area contributed by atoms with Gasteiger partial charge in [0.25, 0.3) is 0 Å². The van der Waals surface area contributed by atoms with Gasteiger partial charge >= 0.3 is 0 Å². The van der Waals surface area contributed by atoms with Crippen molar-refractivity contribution in [3.63, 3.8) is 0 Å². The lowest BCUT2D eigenvalue weighted by Gasteiger charge is -2.24. The molecule has 0 aliphatic carbocycles. The van der Waals surface area contributed by atoms with E-state index >= 15 is 0 Å². The fourth-order valence-corrected chi connectivity index (χ4v) is 3.12. The fraction of sp³-hybridized carbons (Fsp3) is 0.750. The third-order valence-corrected chi connectivity index (χ3v) is 5.01. The van der Waals surface area contributed by atoms with Gasteiger partial charge in [-0.05, 0) is 43.0 Å². The molecule has 0 amide bonds. The first-order valence-corrected chi connectivity index (χ1v) is 11.1. The van der Waals surface area contributed by atoms with Crippen LogP contribution in [0, 0.1) is 6.92 Å². The van der Waals surface area contributed by atoms with E-state index in [4.69, 9.17) is 9.47 Å². The van der Waals surface area contributed by atoms with Gasteiger partial charge in [-0.1, -0.05) is 58.8 Å². The zero-order valence-electron chi connectivity index (χ0n) is 18.9. The smallest absolute Gasteiger partial charge is 0.137 e. The highest BCUT2D eigenvalue weighted by atomic mass is 16.5. The number of hydrogen-bond donors (Lipinski definition) is 0. The van der Waals surface area contributed by atoms with E-state index in [9.17, 15) is 0 Å². The summed E-state index contributed by atoms with van der Waals surface area (Å²) < 4.78 is 13.1. The molecule has 0 atom stereocenters. The van der Waals surface area contributed by atoms with Gasteiger partial charge in [-0.3, -0.25) is 0 Å². The van der Waals surface area contributed by atoms with E-state index < -0.39 is 0 Å². The first kappa shape index (κ1) is 23.8. The normalized spacial score (nSPS) is 11.6. The average Bonchev–Trinajstić information content (AvgIpc) is 2.60. The van der Waals surface area contributed by atoms with Crippen molar-refractivity contribution in [2.75, 3.05) is 40.9 Å². The summed E-state index contributed by atoms with van der Waals surface area (Å²) in [5.41, 5.74) is 2.42. The van der Waals surface area contributed by atoms with Crippen molar-refractivity contribution in [2.45, 2.75) is 78.6 Å². The first-order chi connectivity index (χ1) is 12.9. The van der Waals surface area contributed by atoms with Crippen molar-refractivity contribution in [3.05, 3.63) is 23.3 Å². The van der Waals surface area contributed by atoms with Crippen LogP contribution < -0.4 is 9.47 Å². The number of aryl methyl sites for hydroxylation is 2. The van der Waals surface area contributed by atoms with Gasteiger partial charge in [0.2, 0.25) is 0 Å². The number of quaternary nitrogens is 1. The largest absolute Gasteiger partial charge is 0.493 e. The highest BCUT2D eigenvalue weighted by Gasteiger charge is 2.11. The molecule has 0 aromatic heterocycles. The molecule has 1 rings (SSSR count). The Morgan fingerprint density at radius 1 is 0.741 bits per heavy atom. The third-order valence-electron chi connectivity index (χ3n) is 5.01. The molecule has 3 nitrogen and oxygen atoms in total. The molecule has 0 radical (unpaired) electrons. The minimum absolute atomic E-state index is 0.744.